The van der Waals surface area contributed by atoms with Crippen LogP contribution in [0.2, 0.25) is 0 Å². The fourth-order valence-corrected chi connectivity index (χ4v) is 2.30. The summed E-state index contributed by atoms with van der Waals surface area (Å²) in [6, 6.07) is 0. The van der Waals surface area contributed by atoms with Gasteiger partial charge in [0.25, 0.3) is 0 Å². The van der Waals surface area contributed by atoms with Crippen LogP contribution < -0.4 is 5.32 Å². The van der Waals surface area contributed by atoms with Crippen molar-refractivity contribution in [3.8, 4) is 0 Å². The third kappa shape index (κ3) is 1.84. The summed E-state index contributed by atoms with van der Waals surface area (Å²) >= 11 is 0. The summed E-state index contributed by atoms with van der Waals surface area (Å²) in [7, 11) is 0. The number of aromatic nitrogens is 1. The Bertz CT molecular complexity index is 475. The molecule has 0 aliphatic carbocycles. The molecule has 1 N–H and O–H groups in total. The molecule has 1 aliphatic rings. The number of fused-ring (bicyclic) bond motifs is 1. The molecular formula is C14H20N2O. The van der Waals surface area contributed by atoms with E-state index in [9.17, 15) is 4.79 Å². The number of carbonyl (C=O) groups is 1. The summed E-state index contributed by atoms with van der Waals surface area (Å²) in [5.41, 5.74) is 3.55. The van der Waals surface area contributed by atoms with Gasteiger partial charge in [-0.2, -0.15) is 0 Å². The fraction of sp³-hybridized carbons (Fsp3) is 0.571. The molecule has 0 amide bonds. The Morgan fingerprint density at radius 1 is 1.41 bits per heavy atom. The zero-order valence-electron chi connectivity index (χ0n) is 11.2. The first-order valence-electron chi connectivity index (χ1n) is 6.13. The van der Waals surface area contributed by atoms with Gasteiger partial charge in [-0.15, -0.1) is 0 Å². The average molecular weight is 232 g/mol. The van der Waals surface area contributed by atoms with Gasteiger partial charge in [-0.25, -0.2) is 0 Å². The number of nitrogens with zero attached hydrogens (tertiary/aromatic N) is 1. The molecule has 0 spiro atoms. The van der Waals surface area contributed by atoms with Gasteiger partial charge in [-0.3, -0.25) is 9.78 Å². The number of pyridine rings is 1. The number of nitrogens with one attached hydrogen (secondary N) is 1. The Balaban J connectivity index is 2.57. The van der Waals surface area contributed by atoms with Gasteiger partial charge in [0, 0.05) is 18.2 Å². The van der Waals surface area contributed by atoms with Gasteiger partial charge in [0.1, 0.15) is 5.69 Å². The molecule has 3 nitrogen and oxygen atoms in total. The van der Waals surface area contributed by atoms with E-state index in [0.29, 0.717) is 18.2 Å². The molecule has 92 valence electrons. The summed E-state index contributed by atoms with van der Waals surface area (Å²) in [4.78, 5) is 16.6. The highest BCUT2D eigenvalue weighted by molar-refractivity contribution is 6.05. The van der Waals surface area contributed by atoms with Gasteiger partial charge in [0.15, 0.2) is 5.78 Å². The number of rotatable bonds is 1. The van der Waals surface area contributed by atoms with E-state index in [-0.39, 0.29) is 11.2 Å². The molecule has 0 saturated heterocycles. The molecule has 0 bridgehead atoms. The average Bonchev–Trinajstić information content (AvgIpc) is 2.24. The molecule has 1 aliphatic heterocycles. The minimum atomic E-state index is -0.355. The van der Waals surface area contributed by atoms with Gasteiger partial charge >= 0.3 is 0 Å². The van der Waals surface area contributed by atoms with Crippen molar-refractivity contribution in [2.45, 2.75) is 40.5 Å². The maximum absolute atomic E-state index is 12.3. The van der Waals surface area contributed by atoms with Crippen LogP contribution in [-0.2, 0) is 0 Å². The van der Waals surface area contributed by atoms with Crippen LogP contribution in [0.5, 0.6) is 0 Å². The second-order valence-corrected chi connectivity index (χ2v) is 5.78. The van der Waals surface area contributed by atoms with E-state index < -0.39 is 0 Å². The minimum Gasteiger partial charge on any atom is -0.382 e. The highest BCUT2D eigenvalue weighted by Gasteiger charge is 2.36. The zero-order chi connectivity index (χ0) is 12.8. The Morgan fingerprint density at radius 2 is 2.06 bits per heavy atom. The number of ketones is 1. The van der Waals surface area contributed by atoms with Crippen LogP contribution in [0.3, 0.4) is 0 Å². The van der Waals surface area contributed by atoms with E-state index in [1.165, 1.54) is 5.56 Å². The smallest absolute Gasteiger partial charge is 0.190 e. The van der Waals surface area contributed by atoms with Crippen LogP contribution >= 0.6 is 0 Å². The molecule has 1 aromatic heterocycles. The molecule has 2 rings (SSSR count). The third-order valence-corrected chi connectivity index (χ3v) is 3.54. The Kier molecular flexibility index (Phi) is 2.72. The van der Waals surface area contributed by atoms with E-state index in [1.807, 2.05) is 20.0 Å². The van der Waals surface area contributed by atoms with Crippen molar-refractivity contribution in [2.75, 3.05) is 11.9 Å². The van der Waals surface area contributed by atoms with Gasteiger partial charge in [0.05, 0.1) is 5.69 Å². The maximum atomic E-state index is 12.3. The normalized spacial score (nSPS) is 17.9. The molecule has 2 heterocycles. The number of carbonyl (C=O) groups excluding carboxylic acids is 1. The van der Waals surface area contributed by atoms with Gasteiger partial charge in [0.2, 0.25) is 0 Å². The van der Waals surface area contributed by atoms with Gasteiger partial charge < -0.3 is 5.32 Å². The lowest BCUT2D eigenvalue weighted by Crippen LogP contribution is -2.38. The molecule has 3 heteroatoms. The quantitative estimate of drug-likeness (QED) is 0.808. The number of anilines is 1. The first-order valence-corrected chi connectivity index (χ1v) is 6.13. The van der Waals surface area contributed by atoms with Crippen LogP contribution in [0.1, 0.15) is 55.2 Å². The van der Waals surface area contributed by atoms with Gasteiger partial charge in [-0.05, 0) is 24.0 Å². The number of Topliss-reactive ketones (excluding diaryl/α,β-unsaturated/α-hetero) is 1. The van der Waals surface area contributed by atoms with Gasteiger partial charge in [-0.1, -0.05) is 27.7 Å². The Labute approximate surface area is 103 Å². The van der Waals surface area contributed by atoms with Crippen LogP contribution in [0.15, 0.2) is 6.20 Å². The first kappa shape index (κ1) is 12.1. The molecule has 0 aromatic carbocycles. The summed E-state index contributed by atoms with van der Waals surface area (Å²) in [5, 5.41) is 3.36. The third-order valence-electron chi connectivity index (χ3n) is 3.54. The minimum absolute atomic E-state index is 0.143. The van der Waals surface area contributed by atoms with Crippen LogP contribution in [0.25, 0.3) is 0 Å². The number of hydrogen-bond donors (Lipinski definition) is 1. The van der Waals surface area contributed by atoms with Crippen LogP contribution in [0, 0.1) is 12.3 Å². The topological polar surface area (TPSA) is 42.0 Å². The Morgan fingerprint density at radius 3 is 2.65 bits per heavy atom. The van der Waals surface area contributed by atoms with E-state index in [0.717, 1.165) is 11.3 Å². The summed E-state index contributed by atoms with van der Waals surface area (Å²) in [6.07, 6.45) is 1.85. The van der Waals surface area contributed by atoms with E-state index >= 15 is 0 Å². The van der Waals surface area contributed by atoms with Crippen LogP contribution in [0.4, 0.5) is 5.69 Å². The lowest BCUT2D eigenvalue weighted by atomic mass is 9.81. The van der Waals surface area contributed by atoms with Crippen molar-refractivity contribution in [1.82, 2.24) is 4.98 Å². The Hall–Kier alpha value is -1.38. The predicted molar refractivity (Wildman–Crippen MR) is 69.7 cm³/mol. The second kappa shape index (κ2) is 3.83. The molecule has 0 atom stereocenters. The molecule has 1 aromatic rings. The molecular weight excluding hydrogens is 212 g/mol. The molecule has 0 saturated carbocycles. The van der Waals surface area contributed by atoms with Crippen LogP contribution in [-0.4, -0.2) is 17.3 Å². The van der Waals surface area contributed by atoms with E-state index in [4.69, 9.17) is 0 Å². The predicted octanol–water partition coefficient (Wildman–Crippen LogP) is 3.15. The molecule has 17 heavy (non-hydrogen) atoms. The molecule has 0 unspecified atom stereocenters. The van der Waals surface area contributed by atoms with Crippen molar-refractivity contribution in [1.29, 1.82) is 0 Å². The van der Waals surface area contributed by atoms with Crippen molar-refractivity contribution < 1.29 is 4.79 Å². The fourth-order valence-electron chi connectivity index (χ4n) is 2.30. The second-order valence-electron chi connectivity index (χ2n) is 5.78. The highest BCUT2D eigenvalue weighted by Crippen LogP contribution is 2.35. The number of hydrogen-bond acceptors (Lipinski definition) is 3. The maximum Gasteiger partial charge on any atom is 0.190 e. The largest absolute Gasteiger partial charge is 0.382 e. The summed E-state index contributed by atoms with van der Waals surface area (Å²) in [5.74, 6) is 0.573. The van der Waals surface area contributed by atoms with Crippen molar-refractivity contribution in [2.24, 2.45) is 5.41 Å². The zero-order valence-corrected chi connectivity index (χ0v) is 11.2. The first-order chi connectivity index (χ1) is 7.84. The lowest BCUT2D eigenvalue weighted by molar-refractivity contribution is 0.0839. The van der Waals surface area contributed by atoms with E-state index in [2.05, 4.69) is 31.1 Å². The monoisotopic (exact) mass is 232 g/mol. The highest BCUT2D eigenvalue weighted by atomic mass is 16.1. The van der Waals surface area contributed by atoms with Crippen molar-refractivity contribution >= 4 is 11.5 Å². The van der Waals surface area contributed by atoms with E-state index in [1.54, 1.807) is 0 Å². The molecule has 0 radical (unpaired) electrons. The van der Waals surface area contributed by atoms with Crippen molar-refractivity contribution in [3.05, 3.63) is 23.0 Å². The summed E-state index contributed by atoms with van der Waals surface area (Å²) in [6.45, 7) is 10.9. The summed E-state index contributed by atoms with van der Waals surface area (Å²) < 4.78 is 0. The standard InChI is InChI=1S/C14H20N2O/c1-8(2)10-6-15-12-11(9(10)3)16-7-14(4,5)13(12)17/h6,8,16H,7H2,1-5H3. The lowest BCUT2D eigenvalue weighted by Gasteiger charge is -2.31. The van der Waals surface area contributed by atoms with Crippen molar-refractivity contribution in [3.63, 3.8) is 0 Å². The SMILES string of the molecule is Cc1c(C(C)C)cnc2c1NCC(C)(C)C2=O. The molecule has 0 fully saturated rings.